The zero-order chi connectivity index (χ0) is 15.5. The van der Waals surface area contributed by atoms with Crippen LogP contribution in [0.2, 0.25) is 0 Å². The average Bonchev–Trinajstić information content (AvgIpc) is 2.57. The fourth-order valence-electron chi connectivity index (χ4n) is 2.82. The van der Waals surface area contributed by atoms with Gasteiger partial charge in [0.25, 0.3) is 5.91 Å². The van der Waals surface area contributed by atoms with E-state index in [2.05, 4.69) is 5.32 Å². The van der Waals surface area contributed by atoms with Gasteiger partial charge in [-0.1, -0.05) is 0 Å². The van der Waals surface area contributed by atoms with Crippen molar-refractivity contribution in [3.8, 4) is 0 Å². The highest BCUT2D eigenvalue weighted by atomic mass is 19.1. The van der Waals surface area contributed by atoms with E-state index in [-0.39, 0.29) is 11.6 Å². The first-order valence-corrected chi connectivity index (χ1v) is 7.46. The topological polar surface area (TPSA) is 44.8 Å². The molecule has 2 fully saturated rings. The molecular weight excluding hydrogens is 292 g/mol. The van der Waals surface area contributed by atoms with Gasteiger partial charge in [0.05, 0.1) is 12.3 Å². The van der Waals surface area contributed by atoms with Crippen LogP contribution in [0.5, 0.6) is 0 Å². The lowest BCUT2D eigenvalue weighted by Gasteiger charge is -2.38. The molecule has 22 heavy (non-hydrogen) atoms. The van der Waals surface area contributed by atoms with Gasteiger partial charge in [0.15, 0.2) is 0 Å². The Labute approximate surface area is 127 Å². The molecule has 0 bridgehead atoms. The Kier molecular flexibility index (Phi) is 4.54. The van der Waals surface area contributed by atoms with Crippen LogP contribution in [0, 0.1) is 11.6 Å². The van der Waals surface area contributed by atoms with Crippen molar-refractivity contribution in [2.45, 2.75) is 6.10 Å². The van der Waals surface area contributed by atoms with E-state index in [0.717, 1.165) is 18.7 Å². The van der Waals surface area contributed by atoms with E-state index >= 15 is 0 Å². The number of nitrogens with zero attached hydrogens (tertiary/aromatic N) is 2. The minimum Gasteiger partial charge on any atom is -0.366 e. The van der Waals surface area contributed by atoms with Crippen molar-refractivity contribution >= 4 is 11.6 Å². The van der Waals surface area contributed by atoms with Gasteiger partial charge in [-0.15, -0.1) is 0 Å². The highest BCUT2D eigenvalue weighted by molar-refractivity contribution is 5.81. The Balaban J connectivity index is 1.60. The maximum Gasteiger partial charge on any atom is 0.253 e. The molecule has 0 spiro atoms. The van der Waals surface area contributed by atoms with Crippen LogP contribution < -0.4 is 10.2 Å². The molecule has 2 aliphatic heterocycles. The number of anilines is 1. The van der Waals surface area contributed by atoms with Gasteiger partial charge in [-0.3, -0.25) is 4.79 Å². The lowest BCUT2D eigenvalue weighted by molar-refractivity contribution is -0.145. The molecule has 1 atom stereocenters. The number of hydrogen-bond donors (Lipinski definition) is 1. The number of amides is 1. The number of carbonyl (C=O) groups is 1. The zero-order valence-electron chi connectivity index (χ0n) is 12.2. The lowest BCUT2D eigenvalue weighted by atomic mass is 10.2. The number of benzene rings is 1. The Morgan fingerprint density at radius 3 is 2.68 bits per heavy atom. The van der Waals surface area contributed by atoms with Crippen LogP contribution >= 0.6 is 0 Å². The SMILES string of the molecule is O=C([C@H]1CNCCO1)N1CCN(c2cc(F)ccc2F)CC1. The summed E-state index contributed by atoms with van der Waals surface area (Å²) in [4.78, 5) is 15.8. The van der Waals surface area contributed by atoms with Crippen LogP contribution in [0.4, 0.5) is 14.5 Å². The first-order valence-electron chi connectivity index (χ1n) is 7.46. The summed E-state index contributed by atoms with van der Waals surface area (Å²) >= 11 is 0. The second kappa shape index (κ2) is 6.58. The van der Waals surface area contributed by atoms with Crippen molar-refractivity contribution < 1.29 is 18.3 Å². The van der Waals surface area contributed by atoms with Crippen LogP contribution in [0.1, 0.15) is 0 Å². The summed E-state index contributed by atoms with van der Waals surface area (Å²) in [5, 5.41) is 3.13. The van der Waals surface area contributed by atoms with Gasteiger partial charge in [0.2, 0.25) is 0 Å². The second-order valence-corrected chi connectivity index (χ2v) is 5.47. The molecule has 2 saturated heterocycles. The molecule has 0 radical (unpaired) electrons. The molecule has 1 aromatic rings. The molecule has 5 nitrogen and oxygen atoms in total. The molecule has 2 aliphatic rings. The van der Waals surface area contributed by atoms with Crippen molar-refractivity contribution in [2.75, 3.05) is 50.8 Å². The molecule has 1 N–H and O–H groups in total. The van der Waals surface area contributed by atoms with Gasteiger partial charge in [0.1, 0.15) is 17.7 Å². The van der Waals surface area contributed by atoms with Crippen molar-refractivity contribution in [3.63, 3.8) is 0 Å². The number of piperazine rings is 1. The summed E-state index contributed by atoms with van der Waals surface area (Å²) in [5.41, 5.74) is 0.252. The molecule has 120 valence electrons. The maximum atomic E-state index is 13.8. The normalized spacial score (nSPS) is 22.7. The summed E-state index contributed by atoms with van der Waals surface area (Å²) in [6, 6.07) is 3.43. The second-order valence-electron chi connectivity index (χ2n) is 5.47. The Morgan fingerprint density at radius 2 is 2.00 bits per heavy atom. The molecule has 0 aliphatic carbocycles. The first-order chi connectivity index (χ1) is 10.6. The van der Waals surface area contributed by atoms with E-state index in [4.69, 9.17) is 4.74 Å². The van der Waals surface area contributed by atoms with E-state index in [0.29, 0.717) is 39.3 Å². The van der Waals surface area contributed by atoms with E-state index in [1.54, 1.807) is 9.80 Å². The molecular formula is C15H19F2N3O2. The van der Waals surface area contributed by atoms with Crippen molar-refractivity contribution in [2.24, 2.45) is 0 Å². The van der Waals surface area contributed by atoms with Gasteiger partial charge in [-0.2, -0.15) is 0 Å². The quantitative estimate of drug-likeness (QED) is 0.869. The highest BCUT2D eigenvalue weighted by Crippen LogP contribution is 2.22. The standard InChI is InChI=1S/C15H19F2N3O2/c16-11-1-2-12(17)13(9-11)19-4-6-20(7-5-19)15(21)14-10-18-3-8-22-14/h1-2,9,14,18H,3-8,10H2/t14-/m1/s1. The van der Waals surface area contributed by atoms with Crippen molar-refractivity contribution in [1.29, 1.82) is 0 Å². The predicted molar refractivity (Wildman–Crippen MR) is 77.8 cm³/mol. The van der Waals surface area contributed by atoms with Gasteiger partial charge >= 0.3 is 0 Å². The fraction of sp³-hybridized carbons (Fsp3) is 0.533. The summed E-state index contributed by atoms with van der Waals surface area (Å²) < 4.78 is 32.5. The van der Waals surface area contributed by atoms with Gasteiger partial charge in [0, 0.05) is 45.3 Å². The third kappa shape index (κ3) is 3.20. The fourth-order valence-corrected chi connectivity index (χ4v) is 2.82. The molecule has 0 saturated carbocycles. The minimum atomic E-state index is -0.461. The van der Waals surface area contributed by atoms with Gasteiger partial charge < -0.3 is 19.9 Å². The summed E-state index contributed by atoms with van der Waals surface area (Å²) in [6.45, 7) is 3.74. The highest BCUT2D eigenvalue weighted by Gasteiger charge is 2.29. The minimum absolute atomic E-state index is 0.0356. The number of carbonyl (C=O) groups excluding carboxylic acids is 1. The number of hydrogen-bond acceptors (Lipinski definition) is 4. The maximum absolute atomic E-state index is 13.8. The van der Waals surface area contributed by atoms with Gasteiger partial charge in [-0.25, -0.2) is 8.78 Å². The van der Waals surface area contributed by atoms with Crippen molar-refractivity contribution in [3.05, 3.63) is 29.8 Å². The number of nitrogens with one attached hydrogen (secondary N) is 1. The summed E-state index contributed by atoms with van der Waals surface area (Å²) in [7, 11) is 0. The first kappa shape index (κ1) is 15.2. The molecule has 1 aromatic carbocycles. The van der Waals surface area contributed by atoms with Crippen LogP contribution in [0.15, 0.2) is 18.2 Å². The largest absolute Gasteiger partial charge is 0.366 e. The smallest absolute Gasteiger partial charge is 0.253 e. The molecule has 1 amide bonds. The van der Waals surface area contributed by atoms with Gasteiger partial charge in [-0.05, 0) is 12.1 Å². The number of ether oxygens (including phenoxy) is 1. The predicted octanol–water partition coefficient (Wildman–Crippen LogP) is 0.602. The lowest BCUT2D eigenvalue weighted by Crippen LogP contribution is -2.55. The molecule has 0 unspecified atom stereocenters. The van der Waals surface area contributed by atoms with E-state index in [1.807, 2.05) is 0 Å². The Bertz CT molecular complexity index is 542. The van der Waals surface area contributed by atoms with Crippen LogP contribution in [0.25, 0.3) is 0 Å². The molecule has 2 heterocycles. The summed E-state index contributed by atoms with van der Waals surface area (Å²) in [5.74, 6) is -0.941. The Morgan fingerprint density at radius 1 is 1.23 bits per heavy atom. The van der Waals surface area contributed by atoms with Crippen molar-refractivity contribution in [1.82, 2.24) is 10.2 Å². The molecule has 7 heteroatoms. The summed E-state index contributed by atoms with van der Waals surface area (Å²) in [6.07, 6.45) is -0.439. The third-order valence-electron chi connectivity index (χ3n) is 4.04. The third-order valence-corrected chi connectivity index (χ3v) is 4.04. The van der Waals surface area contributed by atoms with Crippen LogP contribution in [-0.2, 0) is 9.53 Å². The van der Waals surface area contributed by atoms with Crippen LogP contribution in [0.3, 0.4) is 0 Å². The number of rotatable bonds is 2. The van der Waals surface area contributed by atoms with E-state index < -0.39 is 17.7 Å². The van der Waals surface area contributed by atoms with E-state index in [9.17, 15) is 13.6 Å². The monoisotopic (exact) mass is 311 g/mol. The number of morpholine rings is 1. The van der Waals surface area contributed by atoms with E-state index in [1.165, 1.54) is 6.07 Å². The van der Waals surface area contributed by atoms with Crippen LogP contribution in [-0.4, -0.2) is 62.8 Å². The Hall–Kier alpha value is -1.73. The zero-order valence-corrected chi connectivity index (χ0v) is 12.2. The number of halogens is 2. The molecule has 3 rings (SSSR count). The average molecular weight is 311 g/mol. The molecule has 0 aromatic heterocycles.